The van der Waals surface area contributed by atoms with Crippen molar-refractivity contribution in [2.24, 2.45) is 5.73 Å². The maximum absolute atomic E-state index is 10.4. The average Bonchev–Trinajstić information content (AvgIpc) is 2.10. The van der Waals surface area contributed by atoms with Gasteiger partial charge in [-0.05, 0) is 25.8 Å². The van der Waals surface area contributed by atoms with Crippen LogP contribution in [0.2, 0.25) is 0 Å². The Labute approximate surface area is 90.2 Å². The third-order valence-corrected chi connectivity index (χ3v) is 2.48. The Morgan fingerprint density at radius 2 is 2.00 bits per heavy atom. The van der Waals surface area contributed by atoms with Gasteiger partial charge in [0.15, 0.2) is 6.29 Å². The molecular weight excluding hydrogens is 244 g/mol. The van der Waals surface area contributed by atoms with Crippen LogP contribution in [0.25, 0.3) is 0 Å². The molecule has 0 heterocycles. The van der Waals surface area contributed by atoms with Crippen LogP contribution in [0.3, 0.4) is 0 Å². The molecule has 0 aromatic rings. The molecule has 0 aromatic heterocycles. The van der Waals surface area contributed by atoms with Gasteiger partial charge in [-0.2, -0.15) is 0 Å². The molecule has 0 spiro atoms. The van der Waals surface area contributed by atoms with Crippen molar-refractivity contribution in [1.29, 1.82) is 0 Å². The topological polar surface area (TPSA) is 122 Å². The lowest BCUT2D eigenvalue weighted by atomic mass is 10.2. The second-order valence-electron chi connectivity index (χ2n) is 2.81. The van der Waals surface area contributed by atoms with Gasteiger partial charge in [0.1, 0.15) is 0 Å². The fourth-order valence-electron chi connectivity index (χ4n) is 0.983. The molecule has 9 heteroatoms. The van der Waals surface area contributed by atoms with Crippen molar-refractivity contribution in [1.82, 2.24) is 0 Å². The van der Waals surface area contributed by atoms with Crippen molar-refractivity contribution in [2.75, 3.05) is 6.54 Å². The van der Waals surface area contributed by atoms with Crippen LogP contribution in [0.4, 0.5) is 0 Å². The molecule has 0 rings (SSSR count). The first-order chi connectivity index (χ1) is 7.06. The Morgan fingerprint density at radius 3 is 2.47 bits per heavy atom. The fraction of sp³-hybridized carbons (Fsp3) is 1.00. The van der Waals surface area contributed by atoms with Gasteiger partial charge in [0, 0.05) is 0 Å². The van der Waals surface area contributed by atoms with Gasteiger partial charge in [0.25, 0.3) is 0 Å². The maximum Gasteiger partial charge on any atom is 0.329 e. The molecule has 0 aromatic carbocycles. The Bertz CT molecular complexity index is 181. The number of hydrogen-bond acceptors (Lipinski definition) is 6. The van der Waals surface area contributed by atoms with Gasteiger partial charge >= 0.3 is 16.9 Å². The highest BCUT2D eigenvalue weighted by molar-refractivity contribution is 7.39. The molecule has 5 N–H and O–H groups in total. The lowest BCUT2D eigenvalue weighted by Crippen LogP contribution is -2.11. The summed E-state index contributed by atoms with van der Waals surface area (Å²) in [5.41, 5.74) is 5.28. The normalized spacial score (nSPS) is 15.5. The predicted molar refractivity (Wildman–Crippen MR) is 56.1 cm³/mol. The van der Waals surface area contributed by atoms with E-state index in [1.54, 1.807) is 0 Å². The van der Waals surface area contributed by atoms with Crippen LogP contribution in [-0.2, 0) is 13.6 Å². The molecule has 92 valence electrons. The van der Waals surface area contributed by atoms with Gasteiger partial charge in [-0.15, -0.1) is 0 Å². The first kappa shape index (κ1) is 15.4. The van der Waals surface area contributed by atoms with E-state index in [0.29, 0.717) is 19.4 Å². The Balaban J connectivity index is 3.74. The molecule has 0 fully saturated rings. The first-order valence-electron chi connectivity index (χ1n) is 4.50. The molecular formula is C6H17NO6P2. The Kier molecular flexibility index (Phi) is 9.90. The van der Waals surface area contributed by atoms with Crippen LogP contribution in [-0.4, -0.2) is 27.5 Å². The minimum Gasteiger partial charge on any atom is -0.330 e. The van der Waals surface area contributed by atoms with Crippen molar-refractivity contribution < 1.29 is 28.3 Å². The van der Waals surface area contributed by atoms with Crippen LogP contribution in [0, 0.1) is 0 Å². The molecule has 0 bridgehead atoms. The molecule has 0 saturated carbocycles. The molecule has 0 radical (unpaired) electrons. The van der Waals surface area contributed by atoms with Gasteiger partial charge < -0.3 is 20.4 Å². The Hall–Kier alpha value is 0.420. The lowest BCUT2D eigenvalue weighted by Gasteiger charge is -2.16. The molecule has 0 aliphatic rings. The van der Waals surface area contributed by atoms with E-state index in [1.165, 1.54) is 0 Å². The molecule has 0 amide bonds. The second-order valence-corrected chi connectivity index (χ2v) is 4.29. The third kappa shape index (κ3) is 10.7. The van der Waals surface area contributed by atoms with Crippen LogP contribution >= 0.6 is 16.9 Å². The smallest absolute Gasteiger partial charge is 0.329 e. The maximum atomic E-state index is 10.4. The van der Waals surface area contributed by atoms with Gasteiger partial charge in [0.05, 0.1) is 0 Å². The molecule has 2 unspecified atom stereocenters. The van der Waals surface area contributed by atoms with E-state index < -0.39 is 23.1 Å². The van der Waals surface area contributed by atoms with E-state index >= 15 is 0 Å². The zero-order valence-corrected chi connectivity index (χ0v) is 10.1. The fourth-order valence-corrected chi connectivity index (χ4v) is 1.81. The highest BCUT2D eigenvalue weighted by Gasteiger charge is 2.16. The van der Waals surface area contributed by atoms with E-state index in [0.717, 1.165) is 12.8 Å². The van der Waals surface area contributed by atoms with Crippen LogP contribution in [0.1, 0.15) is 25.7 Å². The predicted octanol–water partition coefficient (Wildman–Crippen LogP) is 0.458. The van der Waals surface area contributed by atoms with Crippen molar-refractivity contribution in [3.8, 4) is 0 Å². The number of hydrogen-bond donors (Lipinski definition) is 4. The van der Waals surface area contributed by atoms with Crippen LogP contribution in [0.5, 0.6) is 0 Å². The molecule has 15 heavy (non-hydrogen) atoms. The molecule has 7 nitrogen and oxygen atoms in total. The van der Waals surface area contributed by atoms with Gasteiger partial charge in [-0.1, -0.05) is 6.42 Å². The van der Waals surface area contributed by atoms with Crippen molar-refractivity contribution in [2.45, 2.75) is 32.0 Å². The van der Waals surface area contributed by atoms with Crippen molar-refractivity contribution in [3.05, 3.63) is 0 Å². The van der Waals surface area contributed by atoms with Crippen LogP contribution in [0.15, 0.2) is 0 Å². The highest BCUT2D eigenvalue weighted by atomic mass is 31.2. The minimum absolute atomic E-state index is 0.330. The molecule has 0 saturated heterocycles. The molecule has 2 atom stereocenters. The van der Waals surface area contributed by atoms with Gasteiger partial charge in [0.2, 0.25) is 0 Å². The van der Waals surface area contributed by atoms with E-state index in [-0.39, 0.29) is 0 Å². The SMILES string of the molecule is NCCCCCC(OP(O)O)O[PH](=O)O. The monoisotopic (exact) mass is 261 g/mol. The number of unbranched alkanes of at least 4 members (excludes halogenated alkanes) is 2. The van der Waals surface area contributed by atoms with E-state index in [1.807, 2.05) is 0 Å². The quantitative estimate of drug-likeness (QED) is 0.270. The summed E-state index contributed by atoms with van der Waals surface area (Å²) >= 11 is 0. The van der Waals surface area contributed by atoms with Crippen LogP contribution < -0.4 is 5.73 Å². The van der Waals surface area contributed by atoms with E-state index in [2.05, 4.69) is 9.05 Å². The third-order valence-electron chi connectivity index (χ3n) is 1.59. The summed E-state index contributed by atoms with van der Waals surface area (Å²) in [4.78, 5) is 25.6. The average molecular weight is 261 g/mol. The standard InChI is InChI=1S/C6H17NO6P2/c7-5-3-1-2-4-6(12-14(8)9)13-15(10)11/h6,8-9,15H,1-5,7H2,(H,10,11). The summed E-state index contributed by atoms with van der Waals surface area (Å²) in [7, 11) is -5.71. The van der Waals surface area contributed by atoms with E-state index in [9.17, 15) is 4.57 Å². The summed E-state index contributed by atoms with van der Waals surface area (Å²) in [5, 5.41) is 0. The van der Waals surface area contributed by atoms with Crippen molar-refractivity contribution in [3.63, 3.8) is 0 Å². The minimum atomic E-state index is -3.13. The second kappa shape index (κ2) is 9.63. The molecule has 0 aliphatic heterocycles. The van der Waals surface area contributed by atoms with E-state index in [4.69, 9.17) is 20.4 Å². The first-order valence-corrected chi connectivity index (χ1v) is 6.93. The lowest BCUT2D eigenvalue weighted by molar-refractivity contribution is -0.0116. The van der Waals surface area contributed by atoms with Gasteiger partial charge in [-0.25, -0.2) is 0 Å². The number of rotatable bonds is 9. The zero-order chi connectivity index (χ0) is 11.7. The summed E-state index contributed by atoms with van der Waals surface area (Å²) in [5.74, 6) is 0. The summed E-state index contributed by atoms with van der Waals surface area (Å²) in [6, 6.07) is 0. The zero-order valence-electron chi connectivity index (χ0n) is 8.20. The van der Waals surface area contributed by atoms with Crippen molar-refractivity contribution >= 4 is 16.9 Å². The summed E-state index contributed by atoms with van der Waals surface area (Å²) in [6.07, 6.45) is 1.65. The number of nitrogens with two attached hydrogens (primary N) is 1. The highest BCUT2D eigenvalue weighted by Crippen LogP contribution is 2.33. The molecule has 0 aliphatic carbocycles. The van der Waals surface area contributed by atoms with Gasteiger partial charge in [-0.3, -0.25) is 13.6 Å². The Morgan fingerprint density at radius 1 is 1.33 bits per heavy atom. The summed E-state index contributed by atoms with van der Waals surface area (Å²) in [6.45, 7) is 0.579. The largest absolute Gasteiger partial charge is 0.330 e. The summed E-state index contributed by atoms with van der Waals surface area (Å²) < 4.78 is 19.4.